The van der Waals surface area contributed by atoms with Crippen LogP contribution in [-0.2, 0) is 4.74 Å². The van der Waals surface area contributed by atoms with Crippen LogP contribution in [0.4, 0.5) is 29.2 Å². The SMILES string of the molecule is O=[N+]([O-])c1ccc(Nc2nc(NN=Cc3ccc(Cl)cc3)nc(N3CCOCC3)n2)cc1. The van der Waals surface area contributed by atoms with Crippen LogP contribution in [0.1, 0.15) is 5.56 Å². The van der Waals surface area contributed by atoms with Gasteiger partial charge < -0.3 is 15.0 Å². The van der Waals surface area contributed by atoms with Crippen molar-refractivity contribution in [3.63, 3.8) is 0 Å². The summed E-state index contributed by atoms with van der Waals surface area (Å²) in [5.74, 6) is 0.993. The molecule has 2 heterocycles. The van der Waals surface area contributed by atoms with E-state index >= 15 is 0 Å². The Hall–Kier alpha value is -3.83. The Morgan fingerprint density at radius 1 is 1.03 bits per heavy atom. The van der Waals surface area contributed by atoms with Crippen molar-refractivity contribution in [2.45, 2.75) is 0 Å². The average Bonchev–Trinajstić information content (AvgIpc) is 2.81. The molecule has 0 unspecified atom stereocenters. The number of morpholine rings is 1. The minimum Gasteiger partial charge on any atom is -0.378 e. The molecule has 2 aromatic carbocycles. The third-order valence-electron chi connectivity index (χ3n) is 4.50. The van der Waals surface area contributed by atoms with Gasteiger partial charge in [-0.2, -0.15) is 20.1 Å². The molecule has 1 aliphatic heterocycles. The summed E-state index contributed by atoms with van der Waals surface area (Å²) < 4.78 is 5.40. The first-order valence-electron chi connectivity index (χ1n) is 9.72. The van der Waals surface area contributed by atoms with Crippen LogP contribution in [0.2, 0.25) is 5.02 Å². The third kappa shape index (κ3) is 5.65. The number of hydrogen-bond acceptors (Lipinski definition) is 10. The summed E-state index contributed by atoms with van der Waals surface area (Å²) in [6.45, 7) is 2.45. The van der Waals surface area contributed by atoms with Crippen LogP contribution in [-0.4, -0.2) is 52.4 Å². The van der Waals surface area contributed by atoms with E-state index in [0.29, 0.717) is 43.0 Å². The third-order valence-corrected chi connectivity index (χ3v) is 4.75. The number of nitrogens with one attached hydrogen (secondary N) is 2. The van der Waals surface area contributed by atoms with Crippen LogP contribution < -0.4 is 15.6 Å². The standard InChI is InChI=1S/C20H19ClN8O3/c21-15-3-1-14(2-4-15)13-22-27-19-24-18(23-16-5-7-17(8-6-16)29(30)31)25-20(26-19)28-9-11-32-12-10-28/h1-8,13H,9-12H2,(H2,23,24,25,26,27). The van der Waals surface area contributed by atoms with Gasteiger partial charge in [-0.1, -0.05) is 23.7 Å². The molecule has 1 fully saturated rings. The lowest BCUT2D eigenvalue weighted by atomic mass is 10.2. The molecule has 11 nitrogen and oxygen atoms in total. The van der Waals surface area contributed by atoms with Crippen molar-refractivity contribution in [3.8, 4) is 0 Å². The van der Waals surface area contributed by atoms with Gasteiger partial charge in [-0.15, -0.1) is 0 Å². The van der Waals surface area contributed by atoms with Gasteiger partial charge in [0.05, 0.1) is 24.4 Å². The van der Waals surface area contributed by atoms with E-state index < -0.39 is 4.92 Å². The highest BCUT2D eigenvalue weighted by Gasteiger charge is 2.17. The van der Waals surface area contributed by atoms with Crippen LogP contribution >= 0.6 is 11.6 Å². The van der Waals surface area contributed by atoms with Gasteiger partial charge in [-0.25, -0.2) is 5.43 Å². The summed E-state index contributed by atoms with van der Waals surface area (Å²) in [7, 11) is 0. The Morgan fingerprint density at radius 3 is 2.41 bits per heavy atom. The molecular weight excluding hydrogens is 436 g/mol. The van der Waals surface area contributed by atoms with Crippen molar-refractivity contribution in [2.75, 3.05) is 41.9 Å². The highest BCUT2D eigenvalue weighted by Crippen LogP contribution is 2.21. The Balaban J connectivity index is 1.55. The first-order valence-corrected chi connectivity index (χ1v) is 10.1. The molecule has 0 bridgehead atoms. The lowest BCUT2D eigenvalue weighted by molar-refractivity contribution is -0.384. The number of nitrogens with zero attached hydrogens (tertiary/aromatic N) is 6. The number of hydrogen-bond donors (Lipinski definition) is 2. The lowest BCUT2D eigenvalue weighted by Gasteiger charge is -2.27. The molecule has 1 aliphatic rings. The number of nitro benzene ring substituents is 1. The number of hydrazone groups is 1. The Kier molecular flexibility index (Phi) is 6.68. The second-order valence-electron chi connectivity index (χ2n) is 6.73. The topological polar surface area (TPSA) is 131 Å². The van der Waals surface area contributed by atoms with E-state index in [1.54, 1.807) is 30.5 Å². The maximum atomic E-state index is 10.9. The lowest BCUT2D eigenvalue weighted by Crippen LogP contribution is -2.37. The van der Waals surface area contributed by atoms with E-state index in [-0.39, 0.29) is 17.6 Å². The molecule has 0 aliphatic carbocycles. The fourth-order valence-corrected chi connectivity index (χ4v) is 3.01. The predicted octanol–water partition coefficient (Wildman–Crippen LogP) is 3.46. The van der Waals surface area contributed by atoms with Crippen LogP contribution in [0.15, 0.2) is 53.6 Å². The van der Waals surface area contributed by atoms with Crippen molar-refractivity contribution in [1.82, 2.24) is 15.0 Å². The van der Waals surface area contributed by atoms with Crippen molar-refractivity contribution in [2.24, 2.45) is 5.10 Å². The fourth-order valence-electron chi connectivity index (χ4n) is 2.88. The monoisotopic (exact) mass is 454 g/mol. The summed E-state index contributed by atoms with van der Waals surface area (Å²) in [6, 6.07) is 13.2. The first kappa shape index (κ1) is 21.4. The molecule has 164 valence electrons. The minimum atomic E-state index is -0.454. The molecule has 12 heteroatoms. The zero-order chi connectivity index (χ0) is 22.3. The zero-order valence-corrected chi connectivity index (χ0v) is 17.6. The molecule has 1 aromatic heterocycles. The number of nitro groups is 1. The van der Waals surface area contributed by atoms with Gasteiger partial charge in [0.25, 0.3) is 5.69 Å². The van der Waals surface area contributed by atoms with Gasteiger partial charge in [-0.3, -0.25) is 10.1 Å². The Morgan fingerprint density at radius 2 is 1.72 bits per heavy atom. The maximum absolute atomic E-state index is 10.9. The van der Waals surface area contributed by atoms with Crippen LogP contribution in [0, 0.1) is 10.1 Å². The van der Waals surface area contributed by atoms with Crippen LogP contribution in [0.25, 0.3) is 0 Å². The summed E-state index contributed by atoms with van der Waals surface area (Å²) in [6.07, 6.45) is 1.62. The number of anilines is 4. The van der Waals surface area contributed by atoms with E-state index in [0.717, 1.165) is 5.56 Å². The first-order chi connectivity index (χ1) is 15.6. The van der Waals surface area contributed by atoms with Crippen LogP contribution in [0.3, 0.4) is 0 Å². The molecule has 32 heavy (non-hydrogen) atoms. The number of benzene rings is 2. The van der Waals surface area contributed by atoms with Gasteiger partial charge in [0.1, 0.15) is 0 Å². The average molecular weight is 455 g/mol. The maximum Gasteiger partial charge on any atom is 0.269 e. The molecular formula is C20H19ClN8O3. The minimum absolute atomic E-state index is 0.000838. The second-order valence-corrected chi connectivity index (χ2v) is 7.17. The highest BCUT2D eigenvalue weighted by atomic mass is 35.5. The molecule has 3 aromatic rings. The number of aromatic nitrogens is 3. The van der Waals surface area contributed by atoms with Crippen molar-refractivity contribution < 1.29 is 9.66 Å². The van der Waals surface area contributed by atoms with Gasteiger partial charge in [-0.05, 0) is 29.8 Å². The smallest absolute Gasteiger partial charge is 0.269 e. The van der Waals surface area contributed by atoms with Crippen molar-refractivity contribution in [1.29, 1.82) is 0 Å². The Bertz CT molecular complexity index is 1100. The molecule has 4 rings (SSSR count). The van der Waals surface area contributed by atoms with Crippen molar-refractivity contribution in [3.05, 3.63) is 69.2 Å². The van der Waals surface area contributed by atoms with Crippen LogP contribution in [0.5, 0.6) is 0 Å². The highest BCUT2D eigenvalue weighted by molar-refractivity contribution is 6.30. The number of rotatable bonds is 7. The normalized spacial score (nSPS) is 13.8. The zero-order valence-electron chi connectivity index (χ0n) is 16.8. The summed E-state index contributed by atoms with van der Waals surface area (Å²) in [4.78, 5) is 25.7. The molecule has 0 amide bonds. The van der Waals surface area contributed by atoms with Crippen molar-refractivity contribution >= 4 is 47.0 Å². The summed E-state index contributed by atoms with van der Waals surface area (Å²) >= 11 is 5.90. The van der Waals surface area contributed by atoms with Gasteiger partial charge in [0, 0.05) is 35.9 Å². The molecule has 0 radical (unpaired) electrons. The molecule has 0 atom stereocenters. The van der Waals surface area contributed by atoms with Gasteiger partial charge >= 0.3 is 0 Å². The van der Waals surface area contributed by atoms with Gasteiger partial charge in [0.2, 0.25) is 17.8 Å². The fraction of sp³-hybridized carbons (Fsp3) is 0.200. The number of ether oxygens (including phenoxy) is 1. The van der Waals surface area contributed by atoms with Gasteiger partial charge in [0.15, 0.2) is 0 Å². The summed E-state index contributed by atoms with van der Waals surface area (Å²) in [5.41, 5.74) is 4.28. The number of halogens is 1. The Labute approximate surface area is 188 Å². The second kappa shape index (κ2) is 9.98. The van der Waals surface area contributed by atoms with E-state index in [1.807, 2.05) is 17.0 Å². The largest absolute Gasteiger partial charge is 0.378 e. The van der Waals surface area contributed by atoms with E-state index in [4.69, 9.17) is 16.3 Å². The molecule has 1 saturated heterocycles. The summed E-state index contributed by atoms with van der Waals surface area (Å²) in [5, 5.41) is 18.8. The predicted molar refractivity (Wildman–Crippen MR) is 122 cm³/mol. The van der Waals surface area contributed by atoms with E-state index in [9.17, 15) is 10.1 Å². The molecule has 0 saturated carbocycles. The molecule has 0 spiro atoms. The van der Waals surface area contributed by atoms with E-state index in [1.165, 1.54) is 12.1 Å². The number of non-ortho nitro benzene ring substituents is 1. The quantitative estimate of drug-likeness (QED) is 0.313. The molecule has 2 N–H and O–H groups in total. The van der Waals surface area contributed by atoms with E-state index in [2.05, 4.69) is 30.8 Å².